The van der Waals surface area contributed by atoms with Crippen LogP contribution in [0.5, 0.6) is 0 Å². The lowest BCUT2D eigenvalue weighted by Gasteiger charge is -2.44. The number of amides is 2. The van der Waals surface area contributed by atoms with Crippen LogP contribution in [0.4, 0.5) is 4.79 Å². The minimum absolute atomic E-state index is 0.0202. The first-order valence-electron chi connectivity index (χ1n) is 8.52. The number of rotatable bonds is 2. The highest BCUT2D eigenvalue weighted by Crippen LogP contribution is 2.32. The molecule has 0 aliphatic carbocycles. The van der Waals surface area contributed by atoms with Gasteiger partial charge >= 0.3 is 6.09 Å². The van der Waals surface area contributed by atoms with E-state index in [1.807, 2.05) is 25.7 Å². The van der Waals surface area contributed by atoms with Crippen LogP contribution in [0.2, 0.25) is 0 Å². The fourth-order valence-corrected chi connectivity index (χ4v) is 3.23. The second-order valence-electron chi connectivity index (χ2n) is 7.39. The molecule has 1 unspecified atom stereocenters. The van der Waals surface area contributed by atoms with Crippen molar-refractivity contribution in [3.05, 3.63) is 12.2 Å². The molecule has 24 heavy (non-hydrogen) atoms. The number of aromatic nitrogens is 3. The zero-order chi connectivity index (χ0) is 17.3. The van der Waals surface area contributed by atoms with Crippen molar-refractivity contribution in [2.45, 2.75) is 64.1 Å². The third-order valence-electron chi connectivity index (χ3n) is 4.47. The summed E-state index contributed by atoms with van der Waals surface area (Å²) in [7, 11) is 0. The zero-order valence-corrected chi connectivity index (χ0v) is 14.5. The van der Waals surface area contributed by atoms with Crippen molar-refractivity contribution >= 4 is 12.0 Å². The third-order valence-corrected chi connectivity index (χ3v) is 4.47. The number of aromatic amines is 1. The molecule has 0 radical (unpaired) electrons. The van der Waals surface area contributed by atoms with Gasteiger partial charge < -0.3 is 9.64 Å². The van der Waals surface area contributed by atoms with Crippen molar-refractivity contribution < 1.29 is 14.3 Å². The number of nitrogens with zero attached hydrogens (tertiary/aromatic N) is 4. The van der Waals surface area contributed by atoms with E-state index in [0.717, 1.165) is 19.3 Å². The smallest absolute Gasteiger partial charge is 0.410 e. The molecule has 132 valence electrons. The molecule has 8 heteroatoms. The molecule has 2 aliphatic rings. The third kappa shape index (κ3) is 3.37. The van der Waals surface area contributed by atoms with Crippen molar-refractivity contribution in [3.63, 3.8) is 0 Å². The predicted molar refractivity (Wildman–Crippen MR) is 86.0 cm³/mol. The normalized spacial score (nSPS) is 24.5. The Morgan fingerprint density at radius 1 is 1.21 bits per heavy atom. The first-order valence-corrected chi connectivity index (χ1v) is 8.52. The summed E-state index contributed by atoms with van der Waals surface area (Å²) in [4.78, 5) is 32.8. The summed E-state index contributed by atoms with van der Waals surface area (Å²) in [6.45, 7) is 6.72. The molecular formula is C16H25N5O3. The van der Waals surface area contributed by atoms with Gasteiger partial charge in [0.1, 0.15) is 23.8 Å². The van der Waals surface area contributed by atoms with Gasteiger partial charge in [-0.2, -0.15) is 5.10 Å². The molecule has 0 bridgehead atoms. The van der Waals surface area contributed by atoms with Crippen LogP contribution >= 0.6 is 0 Å². The molecule has 1 aromatic heterocycles. The topological polar surface area (TPSA) is 91.4 Å². The Kier molecular flexibility index (Phi) is 4.47. The molecule has 0 spiro atoms. The van der Waals surface area contributed by atoms with Crippen molar-refractivity contribution in [2.75, 3.05) is 13.1 Å². The van der Waals surface area contributed by atoms with E-state index in [-0.39, 0.29) is 11.9 Å². The molecule has 1 N–H and O–H groups in total. The Hall–Kier alpha value is -2.12. The monoisotopic (exact) mass is 335 g/mol. The summed E-state index contributed by atoms with van der Waals surface area (Å²) in [5.41, 5.74) is -0.562. The van der Waals surface area contributed by atoms with E-state index >= 15 is 0 Å². The highest BCUT2D eigenvalue weighted by Gasteiger charge is 2.44. The Balaban J connectivity index is 1.69. The van der Waals surface area contributed by atoms with Crippen molar-refractivity contribution in [2.24, 2.45) is 0 Å². The molecule has 1 aromatic rings. The van der Waals surface area contributed by atoms with Gasteiger partial charge in [0.25, 0.3) is 0 Å². The van der Waals surface area contributed by atoms with Gasteiger partial charge in [-0.25, -0.2) is 9.78 Å². The van der Waals surface area contributed by atoms with E-state index in [2.05, 4.69) is 15.2 Å². The van der Waals surface area contributed by atoms with E-state index in [9.17, 15) is 9.59 Å². The average molecular weight is 335 g/mol. The van der Waals surface area contributed by atoms with Gasteiger partial charge in [-0.05, 0) is 46.5 Å². The van der Waals surface area contributed by atoms with Gasteiger partial charge in [0.05, 0.1) is 6.04 Å². The van der Waals surface area contributed by atoms with E-state index < -0.39 is 17.7 Å². The van der Waals surface area contributed by atoms with Gasteiger partial charge in [-0.3, -0.25) is 14.8 Å². The molecule has 0 aromatic carbocycles. The second kappa shape index (κ2) is 6.41. The maximum absolute atomic E-state index is 13.0. The molecule has 2 atom stereocenters. The molecule has 8 nitrogen and oxygen atoms in total. The maximum Gasteiger partial charge on any atom is 0.410 e. The lowest BCUT2D eigenvalue weighted by molar-refractivity contribution is -0.145. The minimum Gasteiger partial charge on any atom is -0.444 e. The number of nitrogens with one attached hydrogen (secondary N) is 1. The van der Waals surface area contributed by atoms with Crippen molar-refractivity contribution in [1.29, 1.82) is 0 Å². The fraction of sp³-hybridized carbons (Fsp3) is 0.750. The van der Waals surface area contributed by atoms with Gasteiger partial charge in [0.15, 0.2) is 0 Å². The van der Waals surface area contributed by atoms with Gasteiger partial charge in [-0.15, -0.1) is 0 Å². The quantitative estimate of drug-likeness (QED) is 0.891. The van der Waals surface area contributed by atoms with Crippen LogP contribution in [0.15, 0.2) is 6.33 Å². The van der Waals surface area contributed by atoms with Crippen LogP contribution in [0.1, 0.15) is 58.3 Å². The Bertz CT molecular complexity index is 595. The summed E-state index contributed by atoms with van der Waals surface area (Å²) in [6, 6.07) is -0.516. The molecule has 3 rings (SSSR count). The number of carbonyl (C=O) groups is 2. The number of carbonyl (C=O) groups excluding carboxylic acids is 2. The number of H-pyrrole nitrogens is 1. The number of piperidine rings is 1. The first kappa shape index (κ1) is 16.7. The number of hydrogen-bond acceptors (Lipinski definition) is 5. The average Bonchev–Trinajstić information content (AvgIpc) is 2.98. The second-order valence-corrected chi connectivity index (χ2v) is 7.39. The molecule has 2 aliphatic heterocycles. The van der Waals surface area contributed by atoms with Crippen LogP contribution in [-0.4, -0.2) is 61.7 Å². The van der Waals surface area contributed by atoms with Crippen LogP contribution in [0.3, 0.4) is 0 Å². The van der Waals surface area contributed by atoms with E-state index in [0.29, 0.717) is 25.3 Å². The SMILES string of the molecule is CC(C)(C)OC(=O)N1CC[C@@H]1C(=O)N1CCCCC1c1ncn[nH]1. The van der Waals surface area contributed by atoms with Crippen LogP contribution in [0, 0.1) is 0 Å². The first-order chi connectivity index (χ1) is 11.4. The Labute approximate surface area is 141 Å². The van der Waals surface area contributed by atoms with Crippen LogP contribution in [0.25, 0.3) is 0 Å². The molecule has 2 fully saturated rings. The summed E-state index contributed by atoms with van der Waals surface area (Å²) in [6.07, 6.45) is 4.60. The standard InChI is InChI=1S/C16H25N5O3/c1-16(2,3)24-15(23)21-9-7-12(21)14(22)20-8-5-4-6-11(20)13-17-10-18-19-13/h10-12H,4-9H2,1-3H3,(H,17,18,19)/t11?,12-/m1/s1. The maximum atomic E-state index is 13.0. The van der Waals surface area contributed by atoms with Gasteiger partial charge in [0.2, 0.25) is 5.91 Å². The molecule has 0 saturated carbocycles. The molecule has 2 saturated heterocycles. The van der Waals surface area contributed by atoms with Gasteiger partial charge in [-0.1, -0.05) is 0 Å². The van der Waals surface area contributed by atoms with Crippen LogP contribution in [-0.2, 0) is 9.53 Å². The lowest BCUT2D eigenvalue weighted by atomic mass is 9.96. The van der Waals surface area contributed by atoms with Gasteiger partial charge in [0, 0.05) is 13.1 Å². The highest BCUT2D eigenvalue weighted by molar-refractivity contribution is 5.87. The van der Waals surface area contributed by atoms with Crippen molar-refractivity contribution in [1.82, 2.24) is 25.0 Å². The van der Waals surface area contributed by atoms with E-state index in [1.165, 1.54) is 11.2 Å². The summed E-state index contributed by atoms with van der Waals surface area (Å²) in [5, 5.41) is 6.77. The molecule has 3 heterocycles. The predicted octanol–water partition coefficient (Wildman–Crippen LogP) is 1.87. The Morgan fingerprint density at radius 3 is 2.58 bits per heavy atom. The van der Waals surface area contributed by atoms with E-state index in [4.69, 9.17) is 4.74 Å². The summed E-state index contributed by atoms with van der Waals surface area (Å²) < 4.78 is 5.40. The van der Waals surface area contributed by atoms with Crippen molar-refractivity contribution in [3.8, 4) is 0 Å². The van der Waals surface area contributed by atoms with E-state index in [1.54, 1.807) is 0 Å². The fourth-order valence-electron chi connectivity index (χ4n) is 3.23. The molecular weight excluding hydrogens is 310 g/mol. The summed E-state index contributed by atoms with van der Waals surface area (Å²) >= 11 is 0. The molecule has 2 amide bonds. The lowest BCUT2D eigenvalue weighted by Crippen LogP contribution is -2.60. The largest absolute Gasteiger partial charge is 0.444 e. The van der Waals surface area contributed by atoms with Crippen LogP contribution < -0.4 is 0 Å². The Morgan fingerprint density at radius 2 is 2.00 bits per heavy atom. The highest BCUT2D eigenvalue weighted by atomic mass is 16.6. The minimum atomic E-state index is -0.562. The number of hydrogen-bond donors (Lipinski definition) is 1. The number of ether oxygens (including phenoxy) is 1. The summed E-state index contributed by atoms with van der Waals surface area (Å²) in [5.74, 6) is 0.694. The number of likely N-dealkylation sites (tertiary alicyclic amines) is 2. The zero-order valence-electron chi connectivity index (χ0n) is 14.5.